The van der Waals surface area contributed by atoms with Crippen LogP contribution in [0.5, 0.6) is 0 Å². The second-order valence-corrected chi connectivity index (χ2v) is 7.97. The molecule has 0 radical (unpaired) electrons. The molecule has 1 aliphatic rings. The van der Waals surface area contributed by atoms with Crippen LogP contribution >= 0.6 is 11.3 Å². The van der Waals surface area contributed by atoms with E-state index in [-0.39, 0.29) is 19.0 Å². The number of ether oxygens (including phenoxy) is 1. The molecule has 1 saturated heterocycles. The topological polar surface area (TPSA) is 88.8 Å². The molecular weight excluding hydrogens is 328 g/mol. The summed E-state index contributed by atoms with van der Waals surface area (Å²) in [6.07, 6.45) is 0. The molecule has 8 nitrogen and oxygen atoms in total. The highest BCUT2D eigenvalue weighted by Gasteiger charge is 2.38. The first kappa shape index (κ1) is 15.6. The van der Waals surface area contributed by atoms with Crippen LogP contribution in [0.1, 0.15) is 11.9 Å². The van der Waals surface area contributed by atoms with Crippen LogP contribution in [-0.2, 0) is 14.9 Å². The Hall–Kier alpha value is -1.33. The van der Waals surface area contributed by atoms with Gasteiger partial charge in [0.15, 0.2) is 0 Å². The van der Waals surface area contributed by atoms with E-state index in [0.717, 1.165) is 4.88 Å². The molecule has 3 rings (SSSR count). The fourth-order valence-electron chi connectivity index (χ4n) is 2.15. The van der Waals surface area contributed by atoms with E-state index in [0.29, 0.717) is 12.4 Å². The smallest absolute Gasteiger partial charge is 0.282 e. The highest BCUT2D eigenvalue weighted by molar-refractivity contribution is 7.86. The predicted molar refractivity (Wildman–Crippen MR) is 80.5 cm³/mol. The molecular formula is C12H16N4O4S2. The summed E-state index contributed by atoms with van der Waals surface area (Å²) in [7, 11) is -0.595. The first-order valence-electron chi connectivity index (χ1n) is 6.64. The van der Waals surface area contributed by atoms with Crippen molar-refractivity contribution >= 4 is 21.5 Å². The van der Waals surface area contributed by atoms with E-state index in [1.54, 1.807) is 0 Å². The van der Waals surface area contributed by atoms with E-state index >= 15 is 0 Å². The molecule has 0 amide bonds. The third-order valence-electron chi connectivity index (χ3n) is 3.31. The molecule has 2 aromatic heterocycles. The molecule has 0 N–H and O–H groups in total. The Labute approximate surface area is 132 Å². The average Bonchev–Trinajstić information content (AvgIpc) is 3.18. The van der Waals surface area contributed by atoms with Crippen molar-refractivity contribution in [3.05, 3.63) is 23.4 Å². The first-order chi connectivity index (χ1) is 10.5. The standard InChI is InChI=1S/C12H16N4O4S2/c1-15(2)22(17,18)16-5-6-19-8-9(16)12-13-11(14-20-12)10-4-3-7-21-10/h3-4,7,9H,5-6,8H2,1-2H3. The lowest BCUT2D eigenvalue weighted by molar-refractivity contribution is 0.0182. The van der Waals surface area contributed by atoms with Gasteiger partial charge >= 0.3 is 0 Å². The first-order valence-corrected chi connectivity index (χ1v) is 8.92. The normalized spacial score (nSPS) is 20.6. The second kappa shape index (κ2) is 6.05. The van der Waals surface area contributed by atoms with E-state index in [2.05, 4.69) is 10.1 Å². The van der Waals surface area contributed by atoms with Crippen LogP contribution in [0.2, 0.25) is 0 Å². The number of aromatic nitrogens is 2. The van der Waals surface area contributed by atoms with Gasteiger partial charge in [0.05, 0.1) is 18.1 Å². The van der Waals surface area contributed by atoms with Gasteiger partial charge in [0.25, 0.3) is 10.2 Å². The lowest BCUT2D eigenvalue weighted by atomic mass is 10.3. The van der Waals surface area contributed by atoms with Crippen molar-refractivity contribution < 1.29 is 17.7 Å². The molecule has 0 bridgehead atoms. The van der Waals surface area contributed by atoms with Gasteiger partial charge in [0.2, 0.25) is 11.7 Å². The third-order valence-corrected chi connectivity index (χ3v) is 6.12. The average molecular weight is 344 g/mol. The summed E-state index contributed by atoms with van der Waals surface area (Å²) in [6, 6.07) is 3.16. The van der Waals surface area contributed by atoms with Crippen molar-refractivity contribution in [1.29, 1.82) is 0 Å². The van der Waals surface area contributed by atoms with Crippen molar-refractivity contribution in [2.45, 2.75) is 6.04 Å². The van der Waals surface area contributed by atoms with Gasteiger partial charge in [-0.1, -0.05) is 11.2 Å². The number of hydrogen-bond donors (Lipinski definition) is 0. The van der Waals surface area contributed by atoms with Crippen LogP contribution < -0.4 is 0 Å². The molecule has 10 heteroatoms. The minimum absolute atomic E-state index is 0.194. The molecule has 2 aromatic rings. The lowest BCUT2D eigenvalue weighted by Gasteiger charge is -2.33. The number of morpholine rings is 1. The van der Waals surface area contributed by atoms with Crippen LogP contribution in [0.25, 0.3) is 10.7 Å². The van der Waals surface area contributed by atoms with Gasteiger partial charge in [-0.05, 0) is 11.4 Å². The van der Waals surface area contributed by atoms with E-state index in [9.17, 15) is 8.42 Å². The van der Waals surface area contributed by atoms with E-state index in [4.69, 9.17) is 9.26 Å². The summed E-state index contributed by atoms with van der Waals surface area (Å²) >= 11 is 1.49. The summed E-state index contributed by atoms with van der Waals surface area (Å²) in [5.74, 6) is 0.700. The largest absolute Gasteiger partial charge is 0.378 e. The monoisotopic (exact) mass is 344 g/mol. The minimum Gasteiger partial charge on any atom is -0.378 e. The Kier molecular flexibility index (Phi) is 4.28. The zero-order valence-electron chi connectivity index (χ0n) is 12.2. The highest BCUT2D eigenvalue weighted by Crippen LogP contribution is 2.29. The summed E-state index contributed by atoms with van der Waals surface area (Å²) in [5.41, 5.74) is 0. The fourth-order valence-corrected chi connectivity index (χ4v) is 3.99. The van der Waals surface area contributed by atoms with Crippen LogP contribution in [0.4, 0.5) is 0 Å². The number of rotatable bonds is 4. The second-order valence-electron chi connectivity index (χ2n) is 4.93. The van der Waals surface area contributed by atoms with Crippen molar-refractivity contribution in [3.8, 4) is 10.7 Å². The summed E-state index contributed by atoms with van der Waals surface area (Å²) in [6.45, 7) is 0.788. The van der Waals surface area contributed by atoms with E-state index in [1.165, 1.54) is 34.0 Å². The van der Waals surface area contributed by atoms with Gasteiger partial charge in [-0.25, -0.2) is 0 Å². The van der Waals surface area contributed by atoms with Crippen molar-refractivity contribution in [1.82, 2.24) is 18.8 Å². The maximum atomic E-state index is 12.4. The van der Waals surface area contributed by atoms with E-state index < -0.39 is 16.3 Å². The molecule has 1 aliphatic heterocycles. The Bertz CT molecular complexity index is 726. The van der Waals surface area contributed by atoms with Crippen molar-refractivity contribution in [2.24, 2.45) is 0 Å². The molecule has 120 valence electrons. The Morgan fingerprint density at radius 2 is 2.27 bits per heavy atom. The zero-order valence-corrected chi connectivity index (χ0v) is 13.8. The molecule has 0 aliphatic carbocycles. The maximum Gasteiger partial charge on any atom is 0.282 e. The van der Waals surface area contributed by atoms with Crippen LogP contribution in [0.15, 0.2) is 22.0 Å². The van der Waals surface area contributed by atoms with Crippen LogP contribution in [0, 0.1) is 0 Å². The Morgan fingerprint density at radius 1 is 1.45 bits per heavy atom. The van der Waals surface area contributed by atoms with E-state index in [1.807, 2.05) is 17.5 Å². The van der Waals surface area contributed by atoms with Gasteiger partial charge < -0.3 is 9.26 Å². The Morgan fingerprint density at radius 3 is 2.95 bits per heavy atom. The fraction of sp³-hybridized carbons (Fsp3) is 0.500. The molecule has 0 spiro atoms. The maximum absolute atomic E-state index is 12.4. The van der Waals surface area contributed by atoms with Crippen molar-refractivity contribution in [3.63, 3.8) is 0 Å². The van der Waals surface area contributed by atoms with Gasteiger partial charge in [0, 0.05) is 20.6 Å². The zero-order chi connectivity index (χ0) is 15.7. The molecule has 3 heterocycles. The van der Waals surface area contributed by atoms with Crippen LogP contribution in [-0.4, -0.2) is 61.0 Å². The third kappa shape index (κ3) is 2.79. The molecule has 0 aromatic carbocycles. The van der Waals surface area contributed by atoms with Gasteiger partial charge in [-0.3, -0.25) is 0 Å². The van der Waals surface area contributed by atoms with Crippen LogP contribution in [0.3, 0.4) is 0 Å². The highest BCUT2D eigenvalue weighted by atomic mass is 32.2. The molecule has 22 heavy (non-hydrogen) atoms. The molecule has 1 fully saturated rings. The number of thiophene rings is 1. The minimum atomic E-state index is -3.58. The Balaban J connectivity index is 1.92. The molecule has 1 atom stereocenters. The molecule has 0 saturated carbocycles. The van der Waals surface area contributed by atoms with Gasteiger partial charge in [-0.2, -0.15) is 22.0 Å². The summed E-state index contributed by atoms with van der Waals surface area (Å²) in [4.78, 5) is 5.20. The summed E-state index contributed by atoms with van der Waals surface area (Å²) in [5, 5.41) is 5.84. The summed E-state index contributed by atoms with van der Waals surface area (Å²) < 4.78 is 38.0. The lowest BCUT2D eigenvalue weighted by Crippen LogP contribution is -2.48. The predicted octanol–water partition coefficient (Wildman–Crippen LogP) is 0.978. The number of nitrogens with zero attached hydrogens (tertiary/aromatic N) is 4. The van der Waals surface area contributed by atoms with Gasteiger partial charge in [0.1, 0.15) is 6.04 Å². The van der Waals surface area contributed by atoms with Crippen molar-refractivity contribution in [2.75, 3.05) is 33.9 Å². The van der Waals surface area contributed by atoms with Gasteiger partial charge in [-0.15, -0.1) is 11.3 Å². The molecule has 1 unspecified atom stereocenters. The SMILES string of the molecule is CN(C)S(=O)(=O)N1CCOCC1c1nc(-c2cccs2)no1. The number of hydrogen-bond acceptors (Lipinski definition) is 7. The quantitative estimate of drug-likeness (QED) is 0.821.